The Kier molecular flexibility index (Phi) is 3.62. The third-order valence-electron chi connectivity index (χ3n) is 3.14. The van der Waals surface area contributed by atoms with Gasteiger partial charge in [0.1, 0.15) is 0 Å². The number of hydrogen-bond donors (Lipinski definition) is 2. The Morgan fingerprint density at radius 1 is 1.60 bits per heavy atom. The quantitative estimate of drug-likeness (QED) is 0.0991. The summed E-state index contributed by atoms with van der Waals surface area (Å²) in [4.78, 5) is 34.4. The van der Waals surface area contributed by atoms with Crippen molar-refractivity contribution in [2.75, 3.05) is 13.2 Å². The zero-order chi connectivity index (χ0) is 14.5. The molecule has 0 aromatic heterocycles. The Morgan fingerprint density at radius 3 is 2.75 bits per heavy atom. The third-order valence-corrected chi connectivity index (χ3v) is 10.3. The van der Waals surface area contributed by atoms with Crippen molar-refractivity contribution < 1.29 is 28.6 Å². The molecule has 3 aliphatic rings. The van der Waals surface area contributed by atoms with Crippen LogP contribution in [0.15, 0.2) is 0 Å². The number of alkyl halides is 2. The van der Waals surface area contributed by atoms with Crippen molar-refractivity contribution in [3.05, 3.63) is 0 Å². The molecule has 3 saturated heterocycles. The van der Waals surface area contributed by atoms with Crippen LogP contribution >= 0.6 is 43.0 Å². The molecule has 0 radical (unpaired) electrons. The number of carbonyl (C=O) groups is 3. The van der Waals surface area contributed by atoms with E-state index < -0.39 is 54.4 Å². The summed E-state index contributed by atoms with van der Waals surface area (Å²) in [7, 11) is 0. The van der Waals surface area contributed by atoms with Gasteiger partial charge in [0.05, 0.1) is 0 Å². The monoisotopic (exact) mass is 510 g/mol. The molecule has 0 aromatic carbocycles. The normalized spacial score (nSPS) is 29.8. The summed E-state index contributed by atoms with van der Waals surface area (Å²) in [5.74, 6) is -1.52. The summed E-state index contributed by atoms with van der Waals surface area (Å²) in [5, 5.41) is 0. The van der Waals surface area contributed by atoms with Crippen molar-refractivity contribution in [3.63, 3.8) is 0 Å². The molecular formula is C10H12I2N2O6. The molecule has 2 unspecified atom stereocenters. The van der Waals surface area contributed by atoms with Gasteiger partial charge in [0, 0.05) is 0 Å². The van der Waals surface area contributed by atoms with Gasteiger partial charge in [0.2, 0.25) is 0 Å². The average Bonchev–Trinajstić information content (AvgIpc) is 3.19. The van der Waals surface area contributed by atoms with E-state index in [0.29, 0.717) is 0 Å². The molecule has 0 spiro atoms. The number of carbonyl (C=O) groups excluding carboxylic acids is 3. The number of hydrogen-bond acceptors (Lipinski definition) is 8. The summed E-state index contributed by atoms with van der Waals surface area (Å²) in [5.41, 5.74) is 0. The Morgan fingerprint density at radius 2 is 2.25 bits per heavy atom. The van der Waals surface area contributed by atoms with E-state index >= 15 is 0 Å². The molecule has 8 nitrogen and oxygen atoms in total. The first-order chi connectivity index (χ1) is 9.35. The van der Waals surface area contributed by atoms with Crippen LogP contribution in [0.2, 0.25) is 0 Å². The fourth-order valence-electron chi connectivity index (χ4n) is 1.77. The van der Waals surface area contributed by atoms with E-state index in [1.165, 1.54) is 0 Å². The first-order valence-electron chi connectivity index (χ1n) is 5.82. The molecule has 3 heterocycles. The fraction of sp³-hybridized carbons (Fsp3) is 0.700. The molecule has 10 heteroatoms. The second-order valence-corrected chi connectivity index (χ2v) is 11.2. The maximum atomic E-state index is 12.0. The van der Waals surface area contributed by atoms with Crippen molar-refractivity contribution >= 4 is 60.9 Å². The van der Waals surface area contributed by atoms with Crippen molar-refractivity contribution in [1.29, 1.82) is 0 Å². The number of cyclic esters (lactones) is 1. The molecule has 0 bridgehead atoms. The van der Waals surface area contributed by atoms with E-state index in [0.717, 1.165) is 0 Å². The number of halogens is 2. The number of fused-ring (bicyclic) bond motifs is 1. The zero-order valence-electron chi connectivity index (χ0n) is 10.4. The van der Waals surface area contributed by atoms with E-state index in [4.69, 9.17) is 9.47 Å². The summed E-state index contributed by atoms with van der Waals surface area (Å²) >= 11 is 0.774. The summed E-state index contributed by atoms with van der Waals surface area (Å²) in [6.45, 7) is 1.38. The Hall–Kier alpha value is -0.210. The molecule has 112 valence electrons. The molecule has 3 fully saturated rings. The van der Waals surface area contributed by atoms with Crippen LogP contribution < -0.4 is 7.06 Å². The van der Waals surface area contributed by atoms with E-state index in [-0.39, 0.29) is 16.7 Å². The van der Waals surface area contributed by atoms with E-state index in [9.17, 15) is 14.4 Å². The molecule has 20 heavy (non-hydrogen) atoms. The Balaban J connectivity index is 1.43. The summed E-state index contributed by atoms with van der Waals surface area (Å²) < 4.78 is 20.2. The molecule has 0 aliphatic carbocycles. The summed E-state index contributed by atoms with van der Waals surface area (Å²) in [6.07, 6.45) is -0.527. The van der Waals surface area contributed by atoms with Crippen LogP contribution in [0.3, 0.4) is 0 Å². The van der Waals surface area contributed by atoms with Crippen LogP contribution in [0, 0.1) is 0 Å². The molecule has 0 amide bonds. The third kappa shape index (κ3) is 2.50. The standard InChI is InChI=1S/C10H12I2N2O6/c1-9(11,10-12(13-10)14-10)8(17)19-4-7(16)20-5-2-6(15)18-3-5/h5,13-14H,2-4H2,1H3. The van der Waals surface area contributed by atoms with Crippen LogP contribution in [0.25, 0.3) is 0 Å². The van der Waals surface area contributed by atoms with Crippen molar-refractivity contribution in [3.8, 4) is 0 Å². The van der Waals surface area contributed by atoms with Gasteiger partial charge in [-0.15, -0.1) is 0 Å². The van der Waals surface area contributed by atoms with E-state index in [1.54, 1.807) is 6.92 Å². The van der Waals surface area contributed by atoms with Crippen molar-refractivity contribution in [2.24, 2.45) is 0 Å². The van der Waals surface area contributed by atoms with Gasteiger partial charge >= 0.3 is 136 Å². The minimum absolute atomic E-state index is 0.0502. The van der Waals surface area contributed by atoms with Gasteiger partial charge in [0.15, 0.2) is 0 Å². The Bertz CT molecular complexity index is 490. The molecule has 0 saturated carbocycles. The van der Waals surface area contributed by atoms with Crippen LogP contribution in [0.1, 0.15) is 13.3 Å². The predicted molar refractivity (Wildman–Crippen MR) is 81.9 cm³/mol. The van der Waals surface area contributed by atoms with Crippen LogP contribution in [-0.4, -0.2) is 44.3 Å². The van der Waals surface area contributed by atoms with Gasteiger partial charge in [-0.25, -0.2) is 0 Å². The topological polar surface area (TPSA) is 123 Å². The zero-order valence-corrected chi connectivity index (χ0v) is 14.7. The number of nitrogens with one attached hydrogen (secondary N) is 2. The first-order valence-corrected chi connectivity index (χ1v) is 10.1. The van der Waals surface area contributed by atoms with E-state index in [2.05, 4.69) is 11.8 Å². The molecule has 3 rings (SSSR count). The number of esters is 3. The van der Waals surface area contributed by atoms with Gasteiger partial charge in [-0.3, -0.25) is 0 Å². The average molecular weight is 510 g/mol. The molecule has 2 atom stereocenters. The van der Waals surface area contributed by atoms with E-state index in [1.807, 2.05) is 22.6 Å². The maximum absolute atomic E-state index is 12.0. The van der Waals surface area contributed by atoms with Gasteiger partial charge in [-0.1, -0.05) is 0 Å². The molecule has 2 N–H and O–H groups in total. The number of rotatable bonds is 5. The first kappa shape index (κ1) is 14.7. The second-order valence-electron chi connectivity index (χ2n) is 4.71. The van der Waals surface area contributed by atoms with Gasteiger partial charge in [0.25, 0.3) is 0 Å². The fourth-order valence-corrected chi connectivity index (χ4v) is 9.55. The SMILES string of the molecule is CC(I)(C(=O)OCC(=O)OC1COC(=O)C1)C12NI1N2. The molecule has 3 aliphatic heterocycles. The van der Waals surface area contributed by atoms with Gasteiger partial charge < -0.3 is 0 Å². The Labute approximate surface area is 135 Å². The van der Waals surface area contributed by atoms with Gasteiger partial charge in [-0.05, 0) is 0 Å². The molecular weight excluding hydrogens is 498 g/mol. The predicted octanol–water partition coefficient (Wildman–Crippen LogP) is -0.221. The van der Waals surface area contributed by atoms with Crippen molar-refractivity contribution in [1.82, 2.24) is 7.06 Å². The number of ether oxygens (including phenoxy) is 3. The van der Waals surface area contributed by atoms with Gasteiger partial charge in [-0.2, -0.15) is 0 Å². The van der Waals surface area contributed by atoms with Crippen molar-refractivity contribution in [2.45, 2.75) is 26.5 Å². The van der Waals surface area contributed by atoms with Crippen LogP contribution in [0.4, 0.5) is 0 Å². The van der Waals surface area contributed by atoms with Crippen LogP contribution in [0.5, 0.6) is 0 Å². The van der Waals surface area contributed by atoms with Crippen LogP contribution in [-0.2, 0) is 28.6 Å². The summed E-state index contributed by atoms with van der Waals surface area (Å²) in [6, 6.07) is 0. The minimum atomic E-state index is -1.26. The second kappa shape index (κ2) is 4.91. The molecule has 0 aromatic rings.